The first-order valence-electron chi connectivity index (χ1n) is 8.03. The normalized spacial score (nSPS) is 10.9. The van der Waals surface area contributed by atoms with Gasteiger partial charge in [0.1, 0.15) is 5.75 Å². The van der Waals surface area contributed by atoms with Crippen LogP contribution in [0.25, 0.3) is 10.9 Å². The lowest BCUT2D eigenvalue weighted by atomic mass is 10.1. The van der Waals surface area contributed by atoms with Crippen molar-refractivity contribution in [3.05, 3.63) is 65.4 Å². The highest BCUT2D eigenvalue weighted by Crippen LogP contribution is 2.25. The number of fused-ring (bicyclic) bond motifs is 1. The Morgan fingerprint density at radius 2 is 1.83 bits per heavy atom. The molecule has 23 heavy (non-hydrogen) atoms. The van der Waals surface area contributed by atoms with Crippen LogP contribution in [-0.2, 0) is 6.42 Å². The molecule has 0 N–H and O–H groups in total. The minimum Gasteiger partial charge on any atom is -0.494 e. The van der Waals surface area contributed by atoms with Crippen LogP contribution in [0.4, 0.5) is 0 Å². The highest BCUT2D eigenvalue weighted by molar-refractivity contribution is 6.03. The first-order valence-corrected chi connectivity index (χ1v) is 8.03. The summed E-state index contributed by atoms with van der Waals surface area (Å²) < 4.78 is 7.23. The number of hydrogen-bond acceptors (Lipinski definition) is 2. The van der Waals surface area contributed by atoms with Crippen molar-refractivity contribution in [1.82, 2.24) is 4.57 Å². The number of benzene rings is 2. The van der Waals surface area contributed by atoms with Crippen molar-refractivity contribution < 1.29 is 9.53 Å². The summed E-state index contributed by atoms with van der Waals surface area (Å²) in [7, 11) is 0. The molecule has 0 fully saturated rings. The number of aryl methyl sites for hydroxylation is 2. The van der Waals surface area contributed by atoms with Gasteiger partial charge in [-0.2, -0.15) is 0 Å². The van der Waals surface area contributed by atoms with Gasteiger partial charge in [-0.15, -0.1) is 0 Å². The third kappa shape index (κ3) is 2.74. The van der Waals surface area contributed by atoms with Crippen LogP contribution in [0.2, 0.25) is 0 Å². The maximum absolute atomic E-state index is 12.9. The number of carbonyl (C=O) groups excluding carboxylic acids is 1. The Balaban J connectivity index is 2.05. The van der Waals surface area contributed by atoms with E-state index in [4.69, 9.17) is 4.74 Å². The zero-order valence-corrected chi connectivity index (χ0v) is 13.8. The van der Waals surface area contributed by atoms with Crippen LogP contribution < -0.4 is 4.74 Å². The van der Waals surface area contributed by atoms with Crippen LogP contribution in [-0.4, -0.2) is 17.1 Å². The highest BCUT2D eigenvalue weighted by atomic mass is 16.5. The van der Waals surface area contributed by atoms with Gasteiger partial charge >= 0.3 is 0 Å². The van der Waals surface area contributed by atoms with Crippen molar-refractivity contribution in [3.63, 3.8) is 0 Å². The molecule has 3 nitrogen and oxygen atoms in total. The Morgan fingerprint density at radius 3 is 2.48 bits per heavy atom. The SMILES string of the molecule is CCOc1ccc(C(=O)n2c(C)cc3c(CC)cccc32)cc1. The molecule has 0 aliphatic carbocycles. The van der Waals surface area contributed by atoms with E-state index in [1.165, 1.54) is 5.56 Å². The predicted molar refractivity (Wildman–Crippen MR) is 93.4 cm³/mol. The van der Waals surface area contributed by atoms with E-state index in [1.54, 1.807) is 4.57 Å². The van der Waals surface area contributed by atoms with Gasteiger partial charge in [0.2, 0.25) is 0 Å². The van der Waals surface area contributed by atoms with E-state index >= 15 is 0 Å². The van der Waals surface area contributed by atoms with Gasteiger partial charge in [0.25, 0.3) is 5.91 Å². The highest BCUT2D eigenvalue weighted by Gasteiger charge is 2.16. The molecule has 3 heteroatoms. The van der Waals surface area contributed by atoms with Crippen LogP contribution in [0.3, 0.4) is 0 Å². The first kappa shape index (κ1) is 15.3. The molecule has 2 aromatic carbocycles. The molecule has 0 saturated heterocycles. The molecule has 3 rings (SSSR count). The van der Waals surface area contributed by atoms with Gasteiger partial charge in [-0.1, -0.05) is 19.1 Å². The van der Waals surface area contributed by atoms with E-state index in [-0.39, 0.29) is 5.91 Å². The quantitative estimate of drug-likeness (QED) is 0.705. The van der Waals surface area contributed by atoms with Crippen molar-refractivity contribution in [3.8, 4) is 5.75 Å². The monoisotopic (exact) mass is 307 g/mol. The summed E-state index contributed by atoms with van der Waals surface area (Å²) in [5.41, 5.74) is 3.86. The smallest absolute Gasteiger partial charge is 0.262 e. The number of hydrogen-bond donors (Lipinski definition) is 0. The zero-order chi connectivity index (χ0) is 16.4. The first-order chi connectivity index (χ1) is 11.2. The van der Waals surface area contributed by atoms with Gasteiger partial charge in [0.15, 0.2) is 0 Å². The van der Waals surface area contributed by atoms with E-state index < -0.39 is 0 Å². The molecule has 1 aromatic heterocycles. The molecule has 0 amide bonds. The van der Waals surface area contributed by atoms with Crippen LogP contribution in [0.5, 0.6) is 5.75 Å². The van der Waals surface area contributed by atoms with Crippen molar-refractivity contribution in [1.29, 1.82) is 0 Å². The van der Waals surface area contributed by atoms with Gasteiger partial charge in [-0.05, 0) is 62.2 Å². The van der Waals surface area contributed by atoms with Gasteiger partial charge in [-0.3, -0.25) is 9.36 Å². The summed E-state index contributed by atoms with van der Waals surface area (Å²) in [5, 5.41) is 1.16. The van der Waals surface area contributed by atoms with E-state index in [2.05, 4.69) is 19.1 Å². The number of ether oxygens (including phenoxy) is 1. The van der Waals surface area contributed by atoms with Crippen molar-refractivity contribution >= 4 is 16.8 Å². The molecular weight excluding hydrogens is 286 g/mol. The molecule has 0 spiro atoms. The number of nitrogens with zero attached hydrogens (tertiary/aromatic N) is 1. The second-order valence-electron chi connectivity index (χ2n) is 5.59. The Bertz CT molecular complexity index is 844. The average molecular weight is 307 g/mol. The van der Waals surface area contributed by atoms with Crippen LogP contribution in [0.15, 0.2) is 48.5 Å². The topological polar surface area (TPSA) is 31.2 Å². The molecule has 1 heterocycles. The number of rotatable bonds is 4. The Kier molecular flexibility index (Phi) is 4.20. The molecule has 118 valence electrons. The van der Waals surface area contributed by atoms with Gasteiger partial charge < -0.3 is 4.74 Å². The number of aromatic nitrogens is 1. The molecule has 0 unspecified atom stereocenters. The van der Waals surface area contributed by atoms with E-state index in [0.717, 1.165) is 28.8 Å². The van der Waals surface area contributed by atoms with Crippen LogP contribution in [0.1, 0.15) is 35.5 Å². The predicted octanol–water partition coefficient (Wildman–Crippen LogP) is 4.60. The van der Waals surface area contributed by atoms with Gasteiger partial charge in [0, 0.05) is 16.6 Å². The average Bonchev–Trinajstić information content (AvgIpc) is 2.91. The lowest BCUT2D eigenvalue weighted by molar-refractivity contribution is 0.0963. The standard InChI is InChI=1S/C20H21NO2/c1-4-15-7-6-8-19-18(15)13-14(3)21(19)20(22)16-9-11-17(12-10-16)23-5-2/h6-13H,4-5H2,1-3H3. The van der Waals surface area contributed by atoms with Crippen molar-refractivity contribution in [2.45, 2.75) is 27.2 Å². The second-order valence-corrected chi connectivity index (χ2v) is 5.59. The fraction of sp³-hybridized carbons (Fsp3) is 0.250. The Hall–Kier alpha value is -2.55. The molecule has 3 aromatic rings. The fourth-order valence-corrected chi connectivity index (χ4v) is 2.99. The minimum absolute atomic E-state index is 0.00574. The summed E-state index contributed by atoms with van der Waals surface area (Å²) in [5.74, 6) is 0.778. The lowest BCUT2D eigenvalue weighted by Crippen LogP contribution is -2.13. The lowest BCUT2D eigenvalue weighted by Gasteiger charge is -2.09. The second kappa shape index (κ2) is 6.29. The largest absolute Gasteiger partial charge is 0.494 e. The summed E-state index contributed by atoms with van der Waals surface area (Å²) >= 11 is 0. The summed E-state index contributed by atoms with van der Waals surface area (Å²) in [6.07, 6.45) is 0.956. The molecule has 0 aliphatic rings. The molecule has 0 radical (unpaired) electrons. The maximum Gasteiger partial charge on any atom is 0.262 e. The summed E-state index contributed by atoms with van der Waals surface area (Å²) in [4.78, 5) is 12.9. The van der Waals surface area contributed by atoms with Crippen LogP contribution in [0, 0.1) is 6.92 Å². The van der Waals surface area contributed by atoms with Gasteiger partial charge in [-0.25, -0.2) is 0 Å². The van der Waals surface area contributed by atoms with Gasteiger partial charge in [0.05, 0.1) is 12.1 Å². The fourth-order valence-electron chi connectivity index (χ4n) is 2.99. The number of carbonyl (C=O) groups is 1. The maximum atomic E-state index is 12.9. The summed E-state index contributed by atoms with van der Waals surface area (Å²) in [6.45, 7) is 6.68. The van der Waals surface area contributed by atoms with E-state index in [9.17, 15) is 4.79 Å². The third-order valence-corrected chi connectivity index (χ3v) is 4.12. The molecular formula is C20H21NO2. The van der Waals surface area contributed by atoms with E-state index in [0.29, 0.717) is 12.2 Å². The van der Waals surface area contributed by atoms with Crippen molar-refractivity contribution in [2.24, 2.45) is 0 Å². The summed E-state index contributed by atoms with van der Waals surface area (Å²) in [6, 6.07) is 15.6. The molecule has 0 bridgehead atoms. The zero-order valence-electron chi connectivity index (χ0n) is 13.8. The Labute approximate surface area is 136 Å². The third-order valence-electron chi connectivity index (χ3n) is 4.12. The molecule has 0 saturated carbocycles. The van der Waals surface area contributed by atoms with Crippen molar-refractivity contribution in [2.75, 3.05) is 6.61 Å². The van der Waals surface area contributed by atoms with Crippen LogP contribution >= 0.6 is 0 Å². The molecule has 0 aliphatic heterocycles. The Morgan fingerprint density at radius 1 is 1.09 bits per heavy atom. The minimum atomic E-state index is -0.00574. The van der Waals surface area contributed by atoms with E-state index in [1.807, 2.05) is 50.2 Å². The molecule has 0 atom stereocenters.